The van der Waals surface area contributed by atoms with Crippen LogP contribution in [0.25, 0.3) is 0 Å². The number of hydrazine groups is 1. The number of amides is 1. The van der Waals surface area contributed by atoms with Crippen molar-refractivity contribution in [3.8, 4) is 0 Å². The summed E-state index contributed by atoms with van der Waals surface area (Å²) in [4.78, 5) is 16.8. The van der Waals surface area contributed by atoms with E-state index in [1.165, 1.54) is 11.8 Å². The van der Waals surface area contributed by atoms with Crippen LogP contribution in [0, 0.1) is 6.92 Å². The lowest BCUT2D eigenvalue weighted by molar-refractivity contribution is -0.118. The Labute approximate surface area is 121 Å². The molecule has 0 fully saturated rings. The van der Waals surface area contributed by atoms with E-state index in [0.717, 1.165) is 16.1 Å². The Morgan fingerprint density at radius 1 is 1.30 bits per heavy atom. The van der Waals surface area contributed by atoms with Crippen LogP contribution >= 0.6 is 11.8 Å². The summed E-state index contributed by atoms with van der Waals surface area (Å²) in [7, 11) is 0. The van der Waals surface area contributed by atoms with Crippen molar-refractivity contribution < 1.29 is 4.79 Å². The summed E-state index contributed by atoms with van der Waals surface area (Å²) < 4.78 is 0. The summed E-state index contributed by atoms with van der Waals surface area (Å²) in [5.74, 6) is 0.790. The molecule has 0 saturated carbocycles. The molecule has 6 heteroatoms. The first-order valence-corrected chi connectivity index (χ1v) is 7.09. The molecule has 0 aliphatic carbocycles. The van der Waals surface area contributed by atoms with Crippen molar-refractivity contribution in [1.29, 1.82) is 0 Å². The maximum Gasteiger partial charge on any atom is 0.248 e. The molecule has 1 heterocycles. The fraction of sp³-hybridized carbons (Fsp3) is 0.143. The fourth-order valence-corrected chi connectivity index (χ4v) is 2.41. The number of rotatable bonds is 5. The first-order chi connectivity index (χ1) is 9.66. The van der Waals surface area contributed by atoms with Crippen LogP contribution in [0.4, 0.5) is 11.5 Å². The number of hydrogen-bond acceptors (Lipinski definition) is 5. The van der Waals surface area contributed by atoms with Gasteiger partial charge >= 0.3 is 0 Å². The zero-order chi connectivity index (χ0) is 14.4. The minimum absolute atomic E-state index is 0.123. The molecule has 2 aromatic rings. The van der Waals surface area contributed by atoms with Gasteiger partial charge in [-0.1, -0.05) is 12.1 Å². The van der Waals surface area contributed by atoms with Gasteiger partial charge in [-0.25, -0.2) is 4.98 Å². The van der Waals surface area contributed by atoms with Crippen molar-refractivity contribution in [2.75, 3.05) is 16.9 Å². The van der Waals surface area contributed by atoms with E-state index in [1.54, 1.807) is 12.3 Å². The monoisotopic (exact) mass is 288 g/mol. The topological polar surface area (TPSA) is 80.0 Å². The Morgan fingerprint density at radius 3 is 2.90 bits per heavy atom. The zero-order valence-electron chi connectivity index (χ0n) is 11.1. The summed E-state index contributed by atoms with van der Waals surface area (Å²) in [5, 5.41) is 0. The summed E-state index contributed by atoms with van der Waals surface area (Å²) in [6.07, 6.45) is 1.65. The number of benzene rings is 1. The van der Waals surface area contributed by atoms with Crippen LogP contribution in [-0.4, -0.2) is 16.6 Å². The molecule has 0 saturated heterocycles. The molecule has 0 unspecified atom stereocenters. The average molecular weight is 288 g/mol. The van der Waals surface area contributed by atoms with Gasteiger partial charge in [0.1, 0.15) is 5.82 Å². The van der Waals surface area contributed by atoms with Gasteiger partial charge in [-0.3, -0.25) is 15.6 Å². The van der Waals surface area contributed by atoms with Crippen molar-refractivity contribution in [1.82, 2.24) is 10.4 Å². The minimum atomic E-state index is -0.123. The normalized spacial score (nSPS) is 10.1. The van der Waals surface area contributed by atoms with E-state index in [9.17, 15) is 4.79 Å². The van der Waals surface area contributed by atoms with E-state index in [2.05, 4.69) is 15.8 Å². The van der Waals surface area contributed by atoms with Gasteiger partial charge in [-0.15, -0.1) is 11.8 Å². The number of nitrogen functional groups attached to an aromatic ring is 1. The standard InChI is InChI=1S/C14H16N4OS/c1-10-11(15)5-4-6-12(10)20-9-14(19)18-17-13-7-2-3-8-16-13/h2-8H,9,15H2,1H3,(H,16,17)(H,18,19). The number of anilines is 2. The van der Waals surface area contributed by atoms with Crippen LogP contribution in [0.2, 0.25) is 0 Å². The van der Waals surface area contributed by atoms with Gasteiger partial charge in [0, 0.05) is 16.8 Å². The van der Waals surface area contributed by atoms with E-state index in [1.807, 2.05) is 37.3 Å². The first kappa shape index (κ1) is 14.2. The lowest BCUT2D eigenvalue weighted by Gasteiger charge is -2.09. The van der Waals surface area contributed by atoms with Gasteiger partial charge < -0.3 is 5.73 Å². The number of hydrogen-bond donors (Lipinski definition) is 3. The van der Waals surface area contributed by atoms with Gasteiger partial charge in [0.15, 0.2) is 0 Å². The maximum absolute atomic E-state index is 11.7. The summed E-state index contributed by atoms with van der Waals surface area (Å²) in [5.41, 5.74) is 12.9. The SMILES string of the molecule is Cc1c(N)cccc1SCC(=O)NNc1ccccn1. The highest BCUT2D eigenvalue weighted by Gasteiger charge is 2.06. The largest absolute Gasteiger partial charge is 0.398 e. The minimum Gasteiger partial charge on any atom is -0.398 e. The van der Waals surface area contributed by atoms with Crippen molar-refractivity contribution in [2.45, 2.75) is 11.8 Å². The second kappa shape index (κ2) is 6.81. The lowest BCUT2D eigenvalue weighted by Crippen LogP contribution is -2.31. The highest BCUT2D eigenvalue weighted by molar-refractivity contribution is 8.00. The molecule has 5 nitrogen and oxygen atoms in total. The predicted octanol–water partition coefficient (Wildman–Crippen LogP) is 2.21. The van der Waals surface area contributed by atoms with Crippen LogP contribution in [-0.2, 0) is 4.79 Å². The van der Waals surface area contributed by atoms with Crippen LogP contribution in [0.3, 0.4) is 0 Å². The quantitative estimate of drug-likeness (QED) is 0.446. The maximum atomic E-state index is 11.7. The smallest absolute Gasteiger partial charge is 0.248 e. The van der Waals surface area contributed by atoms with Gasteiger partial charge in [0.2, 0.25) is 5.91 Å². The molecule has 1 aromatic heterocycles. The molecule has 20 heavy (non-hydrogen) atoms. The van der Waals surface area contributed by atoms with Crippen LogP contribution < -0.4 is 16.6 Å². The first-order valence-electron chi connectivity index (χ1n) is 6.10. The molecule has 1 amide bonds. The zero-order valence-corrected chi connectivity index (χ0v) is 11.9. The van der Waals surface area contributed by atoms with E-state index in [0.29, 0.717) is 11.6 Å². The fourth-order valence-electron chi connectivity index (χ4n) is 1.54. The highest BCUT2D eigenvalue weighted by Crippen LogP contribution is 2.25. The number of nitrogens with zero attached hydrogens (tertiary/aromatic N) is 1. The second-order valence-corrected chi connectivity index (χ2v) is 5.16. The van der Waals surface area contributed by atoms with E-state index >= 15 is 0 Å². The lowest BCUT2D eigenvalue weighted by atomic mass is 10.2. The van der Waals surface area contributed by atoms with Crippen molar-refractivity contribution in [2.24, 2.45) is 0 Å². The number of nitrogens with one attached hydrogen (secondary N) is 2. The molecule has 4 N–H and O–H groups in total. The summed E-state index contributed by atoms with van der Waals surface area (Å²) >= 11 is 1.45. The summed E-state index contributed by atoms with van der Waals surface area (Å²) in [6.45, 7) is 1.95. The van der Waals surface area contributed by atoms with Crippen LogP contribution in [0.1, 0.15) is 5.56 Å². The second-order valence-electron chi connectivity index (χ2n) is 4.15. The third-order valence-corrected chi connectivity index (χ3v) is 3.84. The van der Waals surface area contributed by atoms with Gasteiger partial charge in [0.25, 0.3) is 0 Å². The number of aromatic nitrogens is 1. The third kappa shape index (κ3) is 3.89. The third-order valence-electron chi connectivity index (χ3n) is 2.68. The Hall–Kier alpha value is -2.21. The Morgan fingerprint density at radius 2 is 2.15 bits per heavy atom. The number of pyridine rings is 1. The number of carbonyl (C=O) groups excluding carboxylic acids is 1. The number of nitrogens with two attached hydrogens (primary N) is 1. The van der Waals surface area contributed by atoms with Gasteiger partial charge in [-0.2, -0.15) is 0 Å². The Kier molecular flexibility index (Phi) is 4.84. The predicted molar refractivity (Wildman–Crippen MR) is 82.3 cm³/mol. The Balaban J connectivity index is 1.82. The van der Waals surface area contributed by atoms with Crippen LogP contribution in [0.5, 0.6) is 0 Å². The summed E-state index contributed by atoms with van der Waals surface area (Å²) in [6, 6.07) is 11.1. The van der Waals surface area contributed by atoms with Gasteiger partial charge in [-0.05, 0) is 36.8 Å². The molecule has 0 radical (unpaired) electrons. The molecule has 1 aromatic carbocycles. The van der Waals surface area contributed by atoms with E-state index in [-0.39, 0.29) is 5.91 Å². The number of carbonyl (C=O) groups is 1. The molecule has 0 aliphatic rings. The molecule has 0 atom stereocenters. The Bertz CT molecular complexity index is 589. The van der Waals surface area contributed by atoms with E-state index < -0.39 is 0 Å². The van der Waals surface area contributed by atoms with Crippen LogP contribution in [0.15, 0.2) is 47.5 Å². The molecule has 0 bridgehead atoms. The molecule has 0 aliphatic heterocycles. The molecule has 2 rings (SSSR count). The van der Waals surface area contributed by atoms with Crippen molar-refractivity contribution in [3.05, 3.63) is 48.2 Å². The van der Waals surface area contributed by atoms with Crippen molar-refractivity contribution in [3.63, 3.8) is 0 Å². The molecule has 104 valence electrons. The van der Waals surface area contributed by atoms with E-state index in [4.69, 9.17) is 5.73 Å². The average Bonchev–Trinajstić information content (AvgIpc) is 2.48. The molecular weight excluding hydrogens is 272 g/mol. The highest BCUT2D eigenvalue weighted by atomic mass is 32.2. The van der Waals surface area contributed by atoms with Gasteiger partial charge in [0.05, 0.1) is 5.75 Å². The molecular formula is C14H16N4OS. The number of thioether (sulfide) groups is 1. The van der Waals surface area contributed by atoms with Crippen molar-refractivity contribution >= 4 is 29.2 Å². The molecule has 0 spiro atoms.